The van der Waals surface area contributed by atoms with Gasteiger partial charge in [-0.05, 0) is 54.4 Å². The van der Waals surface area contributed by atoms with Gasteiger partial charge >= 0.3 is 5.69 Å². The molecule has 36 heavy (non-hydrogen) atoms. The van der Waals surface area contributed by atoms with Crippen LogP contribution in [0.3, 0.4) is 0 Å². The Morgan fingerprint density at radius 3 is 2.44 bits per heavy atom. The molecule has 0 atom stereocenters. The molecule has 0 radical (unpaired) electrons. The van der Waals surface area contributed by atoms with E-state index in [0.29, 0.717) is 33.5 Å². The lowest BCUT2D eigenvalue weighted by molar-refractivity contribution is -0.116. The first kappa shape index (κ1) is 23.2. The van der Waals surface area contributed by atoms with Crippen LogP contribution in [0.25, 0.3) is 27.6 Å². The number of nitrogens with zero attached hydrogens (tertiary/aromatic N) is 3. The van der Waals surface area contributed by atoms with E-state index in [9.17, 15) is 14.4 Å². The van der Waals surface area contributed by atoms with Crippen LogP contribution in [0.4, 0.5) is 5.69 Å². The minimum atomic E-state index is -0.591. The molecule has 8 nitrogen and oxygen atoms in total. The summed E-state index contributed by atoms with van der Waals surface area (Å²) in [5.74, 6) is 0.215. The Morgan fingerprint density at radius 1 is 0.944 bits per heavy atom. The second kappa shape index (κ2) is 9.22. The van der Waals surface area contributed by atoms with Gasteiger partial charge in [-0.25, -0.2) is 9.36 Å². The highest BCUT2D eigenvalue weighted by Gasteiger charge is 2.22. The molecule has 182 valence electrons. The van der Waals surface area contributed by atoms with E-state index in [-0.39, 0.29) is 12.5 Å². The number of rotatable bonds is 6. The fourth-order valence-corrected chi connectivity index (χ4v) is 4.62. The number of anilines is 1. The number of carbonyl (C=O) groups is 1. The van der Waals surface area contributed by atoms with Crippen molar-refractivity contribution in [2.24, 2.45) is 7.05 Å². The lowest BCUT2D eigenvalue weighted by Crippen LogP contribution is -2.41. The number of ether oxygens (including phenoxy) is 1. The van der Waals surface area contributed by atoms with Gasteiger partial charge < -0.3 is 14.6 Å². The second-order valence-corrected chi connectivity index (χ2v) is 8.59. The predicted molar refractivity (Wildman–Crippen MR) is 141 cm³/mol. The van der Waals surface area contributed by atoms with Crippen molar-refractivity contribution in [3.8, 4) is 11.4 Å². The van der Waals surface area contributed by atoms with E-state index in [2.05, 4.69) is 5.32 Å². The lowest BCUT2D eigenvalue weighted by atomic mass is 10.1. The summed E-state index contributed by atoms with van der Waals surface area (Å²) in [4.78, 5) is 40.7. The number of hydrogen-bond acceptors (Lipinski definition) is 4. The molecule has 1 amide bonds. The van der Waals surface area contributed by atoms with E-state index in [1.807, 2.05) is 43.3 Å². The van der Waals surface area contributed by atoms with Crippen LogP contribution < -0.4 is 21.3 Å². The summed E-state index contributed by atoms with van der Waals surface area (Å²) >= 11 is 0. The first-order valence-electron chi connectivity index (χ1n) is 11.7. The fourth-order valence-electron chi connectivity index (χ4n) is 4.62. The van der Waals surface area contributed by atoms with E-state index in [1.165, 1.54) is 4.57 Å². The van der Waals surface area contributed by atoms with Crippen molar-refractivity contribution in [2.45, 2.75) is 19.9 Å². The number of methoxy groups -OCH3 is 1. The molecule has 0 aliphatic carbocycles. The third-order valence-electron chi connectivity index (χ3n) is 6.41. The third kappa shape index (κ3) is 3.86. The molecule has 2 heterocycles. The molecule has 1 N–H and O–H groups in total. The summed E-state index contributed by atoms with van der Waals surface area (Å²) in [5.41, 5.74) is 2.59. The normalized spacial score (nSPS) is 11.2. The quantitative estimate of drug-likeness (QED) is 0.398. The van der Waals surface area contributed by atoms with Crippen LogP contribution in [0, 0.1) is 0 Å². The van der Waals surface area contributed by atoms with Crippen molar-refractivity contribution in [1.29, 1.82) is 0 Å². The van der Waals surface area contributed by atoms with Gasteiger partial charge in [0.05, 0.1) is 23.8 Å². The fraction of sp³-hybridized carbons (Fsp3) is 0.179. The molecule has 0 aliphatic heterocycles. The summed E-state index contributed by atoms with van der Waals surface area (Å²) in [6.45, 7) is 1.77. The minimum absolute atomic E-state index is 0.269. The predicted octanol–water partition coefficient (Wildman–Crippen LogP) is 3.85. The van der Waals surface area contributed by atoms with Gasteiger partial charge in [0.2, 0.25) is 5.91 Å². The lowest BCUT2D eigenvalue weighted by Gasteiger charge is -2.14. The zero-order valence-electron chi connectivity index (χ0n) is 20.3. The largest absolute Gasteiger partial charge is 0.497 e. The van der Waals surface area contributed by atoms with Crippen LogP contribution in [-0.2, 0) is 24.8 Å². The van der Waals surface area contributed by atoms with Gasteiger partial charge in [0.25, 0.3) is 5.56 Å². The van der Waals surface area contributed by atoms with Crippen molar-refractivity contribution >= 4 is 33.5 Å². The van der Waals surface area contributed by atoms with Crippen LogP contribution in [0.1, 0.15) is 12.5 Å². The summed E-state index contributed by atoms with van der Waals surface area (Å²) in [6, 6.07) is 21.7. The Hall–Kier alpha value is -4.59. The molecule has 5 aromatic rings. The van der Waals surface area contributed by atoms with Crippen molar-refractivity contribution < 1.29 is 9.53 Å². The van der Waals surface area contributed by atoms with Crippen molar-refractivity contribution in [3.05, 3.63) is 99.2 Å². The zero-order chi connectivity index (χ0) is 25.4. The third-order valence-corrected chi connectivity index (χ3v) is 6.41. The zero-order valence-corrected chi connectivity index (χ0v) is 20.3. The Labute approximate surface area is 207 Å². The highest BCUT2D eigenvalue weighted by Crippen LogP contribution is 2.29. The molecule has 0 bridgehead atoms. The van der Waals surface area contributed by atoms with Gasteiger partial charge in [-0.2, -0.15) is 0 Å². The van der Waals surface area contributed by atoms with E-state index < -0.39 is 11.2 Å². The van der Waals surface area contributed by atoms with E-state index in [4.69, 9.17) is 4.74 Å². The first-order chi connectivity index (χ1) is 17.4. The van der Waals surface area contributed by atoms with E-state index >= 15 is 0 Å². The number of carbonyl (C=O) groups excluding carboxylic acids is 1. The topological polar surface area (TPSA) is 87.3 Å². The molecule has 0 unspecified atom stereocenters. The molecule has 5 rings (SSSR count). The van der Waals surface area contributed by atoms with Crippen molar-refractivity contribution in [3.63, 3.8) is 0 Å². The van der Waals surface area contributed by atoms with Gasteiger partial charge in [0.15, 0.2) is 0 Å². The Bertz CT molecular complexity index is 1730. The molecule has 8 heteroatoms. The maximum Gasteiger partial charge on any atom is 0.336 e. The minimum Gasteiger partial charge on any atom is -0.497 e. The summed E-state index contributed by atoms with van der Waals surface area (Å²) in [5, 5.41) is 3.55. The van der Waals surface area contributed by atoms with Gasteiger partial charge in [-0.3, -0.25) is 14.2 Å². The number of aryl methyl sites for hydroxylation is 2. The van der Waals surface area contributed by atoms with Crippen LogP contribution in [-0.4, -0.2) is 26.7 Å². The number of para-hydroxylation sites is 1. The van der Waals surface area contributed by atoms with Gasteiger partial charge in [0, 0.05) is 18.1 Å². The molecule has 2 aromatic heterocycles. The molecule has 0 saturated carbocycles. The Balaban J connectivity index is 1.75. The molecule has 3 aromatic carbocycles. The van der Waals surface area contributed by atoms with Gasteiger partial charge in [-0.1, -0.05) is 37.3 Å². The number of nitrogens with one attached hydrogen (secondary N) is 1. The highest BCUT2D eigenvalue weighted by atomic mass is 16.5. The van der Waals surface area contributed by atoms with Crippen molar-refractivity contribution in [1.82, 2.24) is 13.7 Å². The van der Waals surface area contributed by atoms with Crippen molar-refractivity contribution in [2.75, 3.05) is 12.4 Å². The maximum absolute atomic E-state index is 13.8. The average molecular weight is 483 g/mol. The molecular weight excluding hydrogens is 456 g/mol. The number of hydrogen-bond donors (Lipinski definition) is 1. The molecule has 0 saturated heterocycles. The van der Waals surface area contributed by atoms with Crippen LogP contribution >= 0.6 is 0 Å². The molecular formula is C28H26N4O4. The number of fused-ring (bicyclic) bond motifs is 3. The molecule has 0 aliphatic rings. The summed E-state index contributed by atoms with van der Waals surface area (Å²) in [6.07, 6.45) is 0.837. The SMILES string of the molecule is CCc1cccc(NC(=O)Cn2c(=O)n(-c3ccccc3)c(=O)c3c2c2cc(OC)ccc2n3C)c1. The monoisotopic (exact) mass is 482 g/mol. The summed E-state index contributed by atoms with van der Waals surface area (Å²) < 4.78 is 9.63. The summed E-state index contributed by atoms with van der Waals surface area (Å²) in [7, 11) is 3.33. The van der Waals surface area contributed by atoms with Gasteiger partial charge in [-0.15, -0.1) is 0 Å². The molecule has 0 spiro atoms. The number of benzene rings is 3. The number of aromatic nitrogens is 3. The molecule has 0 fully saturated rings. The first-order valence-corrected chi connectivity index (χ1v) is 11.7. The average Bonchev–Trinajstić information content (AvgIpc) is 3.19. The van der Waals surface area contributed by atoms with Crippen LogP contribution in [0.5, 0.6) is 5.75 Å². The van der Waals surface area contributed by atoms with Crippen LogP contribution in [0.2, 0.25) is 0 Å². The maximum atomic E-state index is 13.8. The van der Waals surface area contributed by atoms with E-state index in [1.54, 1.807) is 55.1 Å². The Morgan fingerprint density at radius 2 is 1.72 bits per heavy atom. The standard InChI is InChI=1S/C28H26N4O4/c1-4-18-9-8-10-19(15-18)29-24(33)17-31-25-22-16-21(36-3)13-14-23(22)30(2)26(25)27(34)32(28(31)35)20-11-6-5-7-12-20/h5-16H,4,17H2,1-3H3,(H,29,33). The second-order valence-electron chi connectivity index (χ2n) is 8.59. The smallest absolute Gasteiger partial charge is 0.336 e. The van der Waals surface area contributed by atoms with E-state index in [0.717, 1.165) is 22.1 Å². The van der Waals surface area contributed by atoms with Gasteiger partial charge in [0.1, 0.15) is 17.8 Å². The number of amides is 1. The Kier molecular flexibility index (Phi) is 5.93. The highest BCUT2D eigenvalue weighted by molar-refractivity contribution is 6.07. The van der Waals surface area contributed by atoms with Crippen LogP contribution in [0.15, 0.2) is 82.4 Å².